The molecule has 17 heavy (non-hydrogen) atoms. The Labute approximate surface area is 110 Å². The lowest BCUT2D eigenvalue weighted by atomic mass is 10.2. The smallest absolute Gasteiger partial charge is 0.125 e. The lowest BCUT2D eigenvalue weighted by molar-refractivity contribution is 0.558. The zero-order valence-corrected chi connectivity index (χ0v) is 11.4. The van der Waals surface area contributed by atoms with Gasteiger partial charge in [0, 0.05) is 11.8 Å². The average molecular weight is 267 g/mol. The quantitative estimate of drug-likeness (QED) is 0.771. The molecule has 0 aliphatic carbocycles. The molecule has 0 spiro atoms. The van der Waals surface area contributed by atoms with Crippen molar-refractivity contribution in [1.29, 1.82) is 0 Å². The molecule has 2 heterocycles. The van der Waals surface area contributed by atoms with Gasteiger partial charge in [-0.3, -0.25) is 0 Å². The molecule has 1 fully saturated rings. The molecule has 1 atom stereocenters. The fourth-order valence-electron chi connectivity index (χ4n) is 2.48. The Kier molecular flexibility index (Phi) is 3.05. The summed E-state index contributed by atoms with van der Waals surface area (Å²) in [5.41, 5.74) is 3.60. The number of nitrogens with zero attached hydrogens (tertiary/aromatic N) is 2. The van der Waals surface area contributed by atoms with Crippen LogP contribution in [0.1, 0.15) is 23.9 Å². The van der Waals surface area contributed by atoms with Crippen molar-refractivity contribution in [1.82, 2.24) is 9.55 Å². The van der Waals surface area contributed by atoms with Crippen molar-refractivity contribution >= 4 is 34.4 Å². The van der Waals surface area contributed by atoms with E-state index >= 15 is 0 Å². The second kappa shape index (κ2) is 4.54. The number of halogens is 1. The van der Waals surface area contributed by atoms with Crippen LogP contribution in [-0.4, -0.2) is 21.1 Å². The first-order valence-electron chi connectivity index (χ1n) is 5.91. The Morgan fingerprint density at radius 3 is 3.12 bits per heavy atom. The number of alkyl halides is 1. The zero-order valence-electron chi connectivity index (χ0n) is 9.82. The number of aromatic nitrogens is 2. The van der Waals surface area contributed by atoms with Gasteiger partial charge in [0.05, 0.1) is 16.9 Å². The summed E-state index contributed by atoms with van der Waals surface area (Å²) in [7, 11) is 0. The topological polar surface area (TPSA) is 17.8 Å². The molecular weight excluding hydrogens is 252 g/mol. The van der Waals surface area contributed by atoms with E-state index in [1.807, 2.05) is 11.8 Å². The van der Waals surface area contributed by atoms with E-state index in [0.29, 0.717) is 11.9 Å². The maximum atomic E-state index is 6.03. The first-order valence-corrected chi connectivity index (χ1v) is 7.59. The maximum absolute atomic E-state index is 6.03. The second-order valence-electron chi connectivity index (χ2n) is 4.54. The fourth-order valence-corrected chi connectivity index (χ4v) is 3.86. The van der Waals surface area contributed by atoms with Gasteiger partial charge in [-0.15, -0.1) is 11.6 Å². The molecule has 2 aromatic rings. The molecule has 90 valence electrons. The molecule has 4 heteroatoms. The Bertz CT molecular complexity index is 544. The van der Waals surface area contributed by atoms with Crippen LogP contribution < -0.4 is 0 Å². The molecule has 1 unspecified atom stereocenters. The van der Waals surface area contributed by atoms with Crippen LogP contribution in [0.5, 0.6) is 0 Å². The summed E-state index contributed by atoms with van der Waals surface area (Å²) in [4.78, 5) is 4.64. The van der Waals surface area contributed by atoms with Gasteiger partial charge in [0.2, 0.25) is 0 Å². The number of rotatable bonds is 2. The van der Waals surface area contributed by atoms with E-state index in [1.165, 1.54) is 29.0 Å². The first-order chi connectivity index (χ1) is 8.29. The van der Waals surface area contributed by atoms with E-state index in [9.17, 15) is 0 Å². The van der Waals surface area contributed by atoms with Gasteiger partial charge in [0.25, 0.3) is 0 Å². The van der Waals surface area contributed by atoms with Crippen molar-refractivity contribution in [3.05, 3.63) is 29.6 Å². The van der Waals surface area contributed by atoms with Gasteiger partial charge in [-0.2, -0.15) is 11.8 Å². The number of thioether (sulfide) groups is 1. The van der Waals surface area contributed by atoms with Crippen LogP contribution in [0.25, 0.3) is 11.0 Å². The Hall–Kier alpha value is -0.670. The minimum Gasteiger partial charge on any atom is -0.323 e. The highest BCUT2D eigenvalue weighted by Gasteiger charge is 2.22. The Morgan fingerprint density at radius 2 is 2.41 bits per heavy atom. The third-order valence-corrected chi connectivity index (χ3v) is 4.69. The van der Waals surface area contributed by atoms with Crippen LogP contribution in [0.3, 0.4) is 0 Å². The highest BCUT2D eigenvalue weighted by atomic mass is 35.5. The van der Waals surface area contributed by atoms with Gasteiger partial charge in [-0.25, -0.2) is 4.98 Å². The largest absolute Gasteiger partial charge is 0.323 e. The monoisotopic (exact) mass is 266 g/mol. The van der Waals surface area contributed by atoms with Crippen molar-refractivity contribution < 1.29 is 0 Å². The van der Waals surface area contributed by atoms with Gasteiger partial charge >= 0.3 is 0 Å². The maximum Gasteiger partial charge on any atom is 0.125 e. The molecule has 0 bridgehead atoms. The molecule has 2 nitrogen and oxygen atoms in total. The summed E-state index contributed by atoms with van der Waals surface area (Å²) >= 11 is 8.05. The van der Waals surface area contributed by atoms with Crippen molar-refractivity contribution in [2.45, 2.75) is 25.3 Å². The van der Waals surface area contributed by atoms with E-state index in [0.717, 1.165) is 11.3 Å². The van der Waals surface area contributed by atoms with E-state index in [1.54, 1.807) is 0 Å². The molecular formula is C13H15ClN2S. The summed E-state index contributed by atoms with van der Waals surface area (Å²) in [6.07, 6.45) is 1.23. The number of aryl methyl sites for hydroxylation is 1. The first kappa shape index (κ1) is 11.4. The van der Waals surface area contributed by atoms with Gasteiger partial charge in [0.1, 0.15) is 5.82 Å². The van der Waals surface area contributed by atoms with Gasteiger partial charge in [-0.05, 0) is 36.8 Å². The van der Waals surface area contributed by atoms with Crippen molar-refractivity contribution in [2.75, 3.05) is 11.5 Å². The second-order valence-corrected chi connectivity index (χ2v) is 5.96. The molecule has 1 aromatic heterocycles. The SMILES string of the molecule is Cc1ccc2nc(CCl)n(C3CCSC3)c2c1. The van der Waals surface area contributed by atoms with Crippen molar-refractivity contribution in [3.8, 4) is 0 Å². The van der Waals surface area contributed by atoms with Gasteiger partial charge in [0.15, 0.2) is 0 Å². The summed E-state index contributed by atoms with van der Waals surface area (Å²) in [5.74, 6) is 3.94. The lowest BCUT2D eigenvalue weighted by Gasteiger charge is -2.14. The normalized spacial score (nSPS) is 20.2. The third kappa shape index (κ3) is 1.95. The van der Waals surface area contributed by atoms with Crippen LogP contribution in [0.2, 0.25) is 0 Å². The van der Waals surface area contributed by atoms with Crippen LogP contribution in [-0.2, 0) is 5.88 Å². The summed E-state index contributed by atoms with van der Waals surface area (Å²) in [6.45, 7) is 2.13. The van der Waals surface area contributed by atoms with Gasteiger partial charge < -0.3 is 4.57 Å². The molecule has 0 radical (unpaired) electrons. The van der Waals surface area contributed by atoms with E-state index in [-0.39, 0.29) is 0 Å². The van der Waals surface area contributed by atoms with Crippen molar-refractivity contribution in [2.24, 2.45) is 0 Å². The average Bonchev–Trinajstić information content (AvgIpc) is 2.93. The molecule has 1 aromatic carbocycles. The summed E-state index contributed by atoms with van der Waals surface area (Å²) < 4.78 is 2.36. The standard InChI is InChI=1S/C13H15ClN2S/c1-9-2-3-11-12(6-9)16(13(7-14)15-11)10-4-5-17-8-10/h2-3,6,10H,4-5,7-8H2,1H3. The van der Waals surface area contributed by atoms with E-state index in [4.69, 9.17) is 11.6 Å². The third-order valence-electron chi connectivity index (χ3n) is 3.31. The molecule has 0 amide bonds. The minimum absolute atomic E-state index is 0.495. The minimum atomic E-state index is 0.495. The van der Waals surface area contributed by atoms with Gasteiger partial charge in [-0.1, -0.05) is 6.07 Å². The molecule has 0 N–H and O–H groups in total. The molecule has 0 saturated carbocycles. The fraction of sp³-hybridized carbons (Fsp3) is 0.462. The number of hydrogen-bond acceptors (Lipinski definition) is 2. The molecule has 1 saturated heterocycles. The molecule has 3 rings (SSSR count). The van der Waals surface area contributed by atoms with Crippen molar-refractivity contribution in [3.63, 3.8) is 0 Å². The highest BCUT2D eigenvalue weighted by Crippen LogP contribution is 2.32. The molecule has 1 aliphatic rings. The Morgan fingerprint density at radius 1 is 1.53 bits per heavy atom. The van der Waals surface area contributed by atoms with Crippen LogP contribution in [0, 0.1) is 6.92 Å². The van der Waals surface area contributed by atoms with Crippen LogP contribution >= 0.6 is 23.4 Å². The van der Waals surface area contributed by atoms with Crippen LogP contribution in [0.15, 0.2) is 18.2 Å². The Balaban J connectivity index is 2.20. The number of hydrogen-bond donors (Lipinski definition) is 0. The van der Waals surface area contributed by atoms with E-state index < -0.39 is 0 Å². The summed E-state index contributed by atoms with van der Waals surface area (Å²) in [6, 6.07) is 7.00. The van der Waals surface area contributed by atoms with E-state index in [2.05, 4.69) is 34.7 Å². The number of imidazole rings is 1. The zero-order chi connectivity index (χ0) is 11.8. The van der Waals surface area contributed by atoms with Crippen LogP contribution in [0.4, 0.5) is 0 Å². The lowest BCUT2D eigenvalue weighted by Crippen LogP contribution is -2.10. The predicted molar refractivity (Wildman–Crippen MR) is 75.0 cm³/mol. The number of benzene rings is 1. The highest BCUT2D eigenvalue weighted by molar-refractivity contribution is 7.99. The summed E-state index contributed by atoms with van der Waals surface area (Å²) in [5, 5.41) is 0. The predicted octanol–water partition coefficient (Wildman–Crippen LogP) is 3.76. The number of fused-ring (bicyclic) bond motifs is 1. The molecule has 1 aliphatic heterocycles.